The van der Waals surface area contributed by atoms with E-state index in [4.69, 9.17) is 10.6 Å². The highest BCUT2D eigenvalue weighted by atomic mass is 16.4. The van der Waals surface area contributed by atoms with Gasteiger partial charge in [-0.15, -0.1) is 0 Å². The van der Waals surface area contributed by atoms with E-state index in [0.29, 0.717) is 6.42 Å². The number of nitrogens with zero attached hydrogens (tertiary/aromatic N) is 4. The number of hydrogen-bond acceptors (Lipinski definition) is 3. The number of azide groups is 1. The van der Waals surface area contributed by atoms with Gasteiger partial charge < -0.3 is 5.11 Å². The van der Waals surface area contributed by atoms with E-state index in [0.717, 1.165) is 11.3 Å². The highest BCUT2D eigenvalue weighted by Gasteiger charge is 2.11. The first-order valence-electron chi connectivity index (χ1n) is 4.81. The van der Waals surface area contributed by atoms with Crippen LogP contribution in [0.15, 0.2) is 23.4 Å². The van der Waals surface area contributed by atoms with E-state index in [2.05, 4.69) is 15.0 Å². The number of hydrogen-bond donors (Lipinski definition) is 1. The maximum absolute atomic E-state index is 10.6. The van der Waals surface area contributed by atoms with Crippen molar-refractivity contribution in [3.05, 3.63) is 40.0 Å². The lowest BCUT2D eigenvalue weighted by atomic mass is 10.1. The minimum Gasteiger partial charge on any atom is -0.481 e. The molecule has 0 aromatic carbocycles. The molecule has 0 saturated heterocycles. The number of carbonyl (C=O) groups is 1. The molecular formula is C10H12N4O2. The third-order valence-electron chi connectivity index (χ3n) is 2.14. The molecule has 0 radical (unpaired) electrons. The summed E-state index contributed by atoms with van der Waals surface area (Å²) in [4.78, 5) is 17.4. The molecule has 0 aliphatic carbocycles. The summed E-state index contributed by atoms with van der Waals surface area (Å²) in [5.41, 5.74) is 9.67. The summed E-state index contributed by atoms with van der Waals surface area (Å²) in [6, 6.07) is 3.53. The normalized spacial score (nSPS) is 11.6. The molecule has 0 spiro atoms. The molecule has 16 heavy (non-hydrogen) atoms. The molecule has 0 unspecified atom stereocenters. The second-order valence-corrected chi connectivity index (χ2v) is 3.49. The Morgan fingerprint density at radius 2 is 2.44 bits per heavy atom. The molecule has 0 bridgehead atoms. The lowest BCUT2D eigenvalue weighted by molar-refractivity contribution is -0.141. The molecular weight excluding hydrogens is 208 g/mol. The Labute approximate surface area is 92.6 Å². The zero-order valence-corrected chi connectivity index (χ0v) is 8.87. The van der Waals surface area contributed by atoms with Gasteiger partial charge in [0.15, 0.2) is 0 Å². The molecule has 1 rings (SSSR count). The molecule has 1 aromatic rings. The van der Waals surface area contributed by atoms with Crippen molar-refractivity contribution in [3.63, 3.8) is 0 Å². The van der Waals surface area contributed by atoms with Gasteiger partial charge in [0.05, 0.1) is 12.5 Å². The van der Waals surface area contributed by atoms with Gasteiger partial charge in [-0.1, -0.05) is 18.1 Å². The Balaban J connectivity index is 2.64. The largest absolute Gasteiger partial charge is 0.481 e. The summed E-state index contributed by atoms with van der Waals surface area (Å²) in [6.45, 7) is 1.90. The Kier molecular flexibility index (Phi) is 4.29. The molecule has 1 N–H and O–H groups in total. The van der Waals surface area contributed by atoms with Crippen molar-refractivity contribution in [2.75, 3.05) is 0 Å². The summed E-state index contributed by atoms with van der Waals surface area (Å²) in [5.74, 6) is -1.28. The van der Waals surface area contributed by atoms with Gasteiger partial charge in [0.2, 0.25) is 0 Å². The van der Waals surface area contributed by atoms with E-state index >= 15 is 0 Å². The fourth-order valence-electron chi connectivity index (χ4n) is 1.18. The monoisotopic (exact) mass is 220 g/mol. The number of carboxylic acids is 1. The molecule has 0 aliphatic heterocycles. The average molecular weight is 220 g/mol. The standard InChI is InChI=1S/C10H12N4O2/c1-7(10(15)16)4-9-3-2-8(5-12-9)6-13-14-11/h2-3,5,7H,4,6H2,1H3,(H,15,16)/t7-/m0/s1. The number of pyridine rings is 1. The molecule has 1 atom stereocenters. The topological polar surface area (TPSA) is 99.0 Å². The zero-order chi connectivity index (χ0) is 12.0. The first kappa shape index (κ1) is 12.0. The summed E-state index contributed by atoms with van der Waals surface area (Å²) in [7, 11) is 0. The predicted molar refractivity (Wildman–Crippen MR) is 57.6 cm³/mol. The predicted octanol–water partition coefficient (Wildman–Crippen LogP) is 2.16. The van der Waals surface area contributed by atoms with Crippen molar-refractivity contribution in [2.24, 2.45) is 11.0 Å². The van der Waals surface area contributed by atoms with Crippen LogP contribution in [0.2, 0.25) is 0 Å². The lowest BCUT2D eigenvalue weighted by Gasteiger charge is -2.05. The van der Waals surface area contributed by atoms with Crippen molar-refractivity contribution in [1.82, 2.24) is 4.98 Å². The smallest absolute Gasteiger partial charge is 0.306 e. The van der Waals surface area contributed by atoms with Gasteiger partial charge in [-0.2, -0.15) is 0 Å². The minimum atomic E-state index is -0.833. The Morgan fingerprint density at radius 1 is 1.69 bits per heavy atom. The van der Waals surface area contributed by atoms with Gasteiger partial charge in [0.25, 0.3) is 0 Å². The molecule has 0 amide bonds. The Morgan fingerprint density at radius 3 is 2.94 bits per heavy atom. The van der Waals surface area contributed by atoms with Gasteiger partial charge in [-0.05, 0) is 17.2 Å². The summed E-state index contributed by atoms with van der Waals surface area (Å²) in [5, 5.41) is 12.1. The van der Waals surface area contributed by atoms with Crippen molar-refractivity contribution in [2.45, 2.75) is 19.9 Å². The maximum atomic E-state index is 10.6. The van der Waals surface area contributed by atoms with Crippen molar-refractivity contribution >= 4 is 5.97 Å². The first-order chi connectivity index (χ1) is 7.63. The second kappa shape index (κ2) is 5.72. The highest BCUT2D eigenvalue weighted by molar-refractivity contribution is 5.69. The molecule has 0 saturated carbocycles. The molecule has 0 aliphatic rings. The summed E-state index contributed by atoms with van der Waals surface area (Å²) < 4.78 is 0. The van der Waals surface area contributed by atoms with Crippen LogP contribution in [0.3, 0.4) is 0 Å². The van der Waals surface area contributed by atoms with Gasteiger partial charge in [-0.25, -0.2) is 0 Å². The van der Waals surface area contributed by atoms with Crippen LogP contribution in [0.1, 0.15) is 18.2 Å². The molecule has 1 aromatic heterocycles. The van der Waals surface area contributed by atoms with E-state index in [9.17, 15) is 4.79 Å². The number of rotatable bonds is 5. The highest BCUT2D eigenvalue weighted by Crippen LogP contribution is 2.08. The molecule has 1 heterocycles. The minimum absolute atomic E-state index is 0.262. The van der Waals surface area contributed by atoms with Gasteiger partial charge in [0, 0.05) is 23.2 Å². The summed E-state index contributed by atoms with van der Waals surface area (Å²) >= 11 is 0. The van der Waals surface area contributed by atoms with Gasteiger partial charge >= 0.3 is 5.97 Å². The molecule has 84 valence electrons. The average Bonchev–Trinajstić information content (AvgIpc) is 2.28. The van der Waals surface area contributed by atoms with Gasteiger partial charge in [-0.3, -0.25) is 9.78 Å². The molecule has 0 fully saturated rings. The number of carboxylic acid groups (broad SMARTS) is 1. The van der Waals surface area contributed by atoms with E-state index in [-0.39, 0.29) is 6.54 Å². The SMILES string of the molecule is C[C@@H](Cc1ccc(CN=[N+]=[N-])cn1)C(=O)O. The molecule has 6 nitrogen and oxygen atoms in total. The quantitative estimate of drug-likeness (QED) is 0.467. The van der Waals surface area contributed by atoms with Crippen LogP contribution in [-0.2, 0) is 17.8 Å². The summed E-state index contributed by atoms with van der Waals surface area (Å²) in [6.07, 6.45) is 2.00. The fourth-order valence-corrected chi connectivity index (χ4v) is 1.18. The van der Waals surface area contributed by atoms with E-state index < -0.39 is 11.9 Å². The van der Waals surface area contributed by atoms with Crippen LogP contribution < -0.4 is 0 Å². The lowest BCUT2D eigenvalue weighted by Crippen LogP contribution is -2.13. The van der Waals surface area contributed by atoms with Crippen LogP contribution in [-0.4, -0.2) is 16.1 Å². The third kappa shape index (κ3) is 3.59. The Bertz CT molecular complexity index is 409. The maximum Gasteiger partial charge on any atom is 0.306 e. The van der Waals surface area contributed by atoms with Crippen molar-refractivity contribution in [1.29, 1.82) is 0 Å². The van der Waals surface area contributed by atoms with E-state index in [1.54, 1.807) is 25.3 Å². The van der Waals surface area contributed by atoms with E-state index in [1.807, 2.05) is 0 Å². The molecule has 6 heteroatoms. The van der Waals surface area contributed by atoms with Crippen LogP contribution in [0.4, 0.5) is 0 Å². The van der Waals surface area contributed by atoms with Crippen LogP contribution in [0.5, 0.6) is 0 Å². The fraction of sp³-hybridized carbons (Fsp3) is 0.400. The first-order valence-corrected chi connectivity index (χ1v) is 4.81. The van der Waals surface area contributed by atoms with Gasteiger partial charge in [0.1, 0.15) is 0 Å². The van der Waals surface area contributed by atoms with Crippen LogP contribution in [0, 0.1) is 5.92 Å². The second-order valence-electron chi connectivity index (χ2n) is 3.49. The Hall–Kier alpha value is -2.07. The van der Waals surface area contributed by atoms with Crippen molar-refractivity contribution in [3.8, 4) is 0 Å². The zero-order valence-electron chi connectivity index (χ0n) is 8.87. The number of aromatic nitrogens is 1. The van der Waals surface area contributed by atoms with Crippen LogP contribution in [0.25, 0.3) is 10.4 Å². The van der Waals surface area contributed by atoms with Crippen LogP contribution >= 0.6 is 0 Å². The van der Waals surface area contributed by atoms with E-state index in [1.165, 1.54) is 0 Å². The van der Waals surface area contributed by atoms with Crippen molar-refractivity contribution < 1.29 is 9.90 Å². The third-order valence-corrected chi connectivity index (χ3v) is 2.14. The number of aliphatic carboxylic acids is 1.